The molecule has 4 heteroatoms. The molecule has 0 fully saturated rings. The Balaban J connectivity index is 4.67. The van der Waals surface area contributed by atoms with E-state index in [0.717, 1.165) is 0 Å². The Hall–Kier alpha value is -1.06. The number of aliphatic carboxylic acids is 1. The summed E-state index contributed by atoms with van der Waals surface area (Å²) >= 11 is 0. The van der Waals surface area contributed by atoms with E-state index in [9.17, 15) is 9.59 Å². The minimum Gasteiger partial charge on any atom is -0.481 e. The van der Waals surface area contributed by atoms with Crippen LogP contribution in [0.25, 0.3) is 0 Å². The highest BCUT2D eigenvalue weighted by Crippen LogP contribution is 2.23. The summed E-state index contributed by atoms with van der Waals surface area (Å²) in [6.45, 7) is 10.8. The fraction of sp³-hybridized carbons (Fsp3) is 0.846. The van der Waals surface area contributed by atoms with E-state index in [0.29, 0.717) is 6.42 Å². The average molecular weight is 244 g/mol. The van der Waals surface area contributed by atoms with Crippen LogP contribution in [0.1, 0.15) is 48.0 Å². The first-order valence-corrected chi connectivity index (χ1v) is 6.00. The third-order valence-corrected chi connectivity index (χ3v) is 2.42. The summed E-state index contributed by atoms with van der Waals surface area (Å²) < 4.78 is 5.21. The summed E-state index contributed by atoms with van der Waals surface area (Å²) in [5.41, 5.74) is -0.577. The van der Waals surface area contributed by atoms with E-state index in [1.807, 2.05) is 13.8 Å². The molecule has 0 saturated carbocycles. The van der Waals surface area contributed by atoms with Gasteiger partial charge in [-0.25, -0.2) is 0 Å². The number of rotatable bonds is 5. The number of carbonyl (C=O) groups is 2. The number of carboxylic acids is 1. The normalized spacial score (nSPS) is 15.5. The molecule has 0 aliphatic heterocycles. The smallest absolute Gasteiger partial charge is 0.310 e. The van der Waals surface area contributed by atoms with Gasteiger partial charge < -0.3 is 9.84 Å². The second kappa shape index (κ2) is 6.03. The molecule has 0 heterocycles. The van der Waals surface area contributed by atoms with Crippen LogP contribution in [0, 0.1) is 17.8 Å². The number of hydrogen-bond acceptors (Lipinski definition) is 3. The minimum atomic E-state index is -0.933. The topological polar surface area (TPSA) is 63.6 Å². The van der Waals surface area contributed by atoms with Crippen LogP contribution in [-0.4, -0.2) is 22.6 Å². The zero-order valence-corrected chi connectivity index (χ0v) is 11.6. The quantitative estimate of drug-likeness (QED) is 0.755. The molecule has 0 radical (unpaired) electrons. The van der Waals surface area contributed by atoms with Crippen molar-refractivity contribution in [3.8, 4) is 0 Å². The van der Waals surface area contributed by atoms with E-state index >= 15 is 0 Å². The molecule has 0 rings (SSSR count). The van der Waals surface area contributed by atoms with E-state index < -0.39 is 29.4 Å². The molecule has 0 aromatic heterocycles. The van der Waals surface area contributed by atoms with Crippen LogP contribution in [0.5, 0.6) is 0 Å². The molecule has 2 atom stereocenters. The van der Waals surface area contributed by atoms with Crippen molar-refractivity contribution in [2.75, 3.05) is 0 Å². The molecular formula is C13H24O4. The summed E-state index contributed by atoms with van der Waals surface area (Å²) in [6, 6.07) is 0. The third-order valence-electron chi connectivity index (χ3n) is 2.42. The van der Waals surface area contributed by atoms with Crippen LogP contribution in [0.15, 0.2) is 0 Å². The second-order valence-electron chi connectivity index (χ2n) is 5.90. The van der Waals surface area contributed by atoms with E-state index in [2.05, 4.69) is 0 Å². The van der Waals surface area contributed by atoms with Crippen LogP contribution >= 0.6 is 0 Å². The van der Waals surface area contributed by atoms with Crippen molar-refractivity contribution in [3.63, 3.8) is 0 Å². The summed E-state index contributed by atoms with van der Waals surface area (Å²) in [5, 5.41) is 9.13. The zero-order valence-electron chi connectivity index (χ0n) is 11.6. The van der Waals surface area contributed by atoms with Crippen LogP contribution < -0.4 is 0 Å². The monoisotopic (exact) mass is 244 g/mol. The molecule has 0 saturated heterocycles. The van der Waals surface area contributed by atoms with Crippen LogP contribution in [-0.2, 0) is 14.3 Å². The lowest BCUT2D eigenvalue weighted by Gasteiger charge is -2.25. The standard InChI is InChI=1S/C13H24O4/c1-8(2)7-10(11(14)15)9(3)12(16)17-13(4,5)6/h8-10H,7H2,1-6H3,(H,14,15)/t9?,10-/m1/s1. The first-order chi connectivity index (χ1) is 7.54. The molecule has 0 spiro atoms. The molecule has 0 aromatic rings. The summed E-state index contributed by atoms with van der Waals surface area (Å²) in [5.74, 6) is -2.43. The number of ether oxygens (including phenoxy) is 1. The van der Waals surface area contributed by atoms with Crippen molar-refractivity contribution < 1.29 is 19.4 Å². The molecule has 4 nitrogen and oxygen atoms in total. The lowest BCUT2D eigenvalue weighted by atomic mass is 9.86. The molecule has 17 heavy (non-hydrogen) atoms. The van der Waals surface area contributed by atoms with Gasteiger partial charge in [0.1, 0.15) is 5.60 Å². The first-order valence-electron chi connectivity index (χ1n) is 6.00. The van der Waals surface area contributed by atoms with E-state index in [1.54, 1.807) is 27.7 Å². The Kier molecular flexibility index (Phi) is 5.66. The zero-order chi connectivity index (χ0) is 13.8. The molecule has 1 unspecified atom stereocenters. The predicted octanol–water partition coefficient (Wildman–Crippen LogP) is 2.71. The SMILES string of the molecule is CC(C)C[C@@H](C(=O)O)C(C)C(=O)OC(C)(C)C. The first kappa shape index (κ1) is 15.9. The Bertz CT molecular complexity index is 276. The highest BCUT2D eigenvalue weighted by molar-refractivity contribution is 5.81. The average Bonchev–Trinajstić information content (AvgIpc) is 2.09. The molecule has 0 amide bonds. The van der Waals surface area contributed by atoms with Gasteiger partial charge in [-0.1, -0.05) is 20.8 Å². The van der Waals surface area contributed by atoms with Gasteiger partial charge in [0, 0.05) is 0 Å². The van der Waals surface area contributed by atoms with E-state index in [1.165, 1.54) is 0 Å². The molecular weight excluding hydrogens is 220 g/mol. The molecule has 0 aromatic carbocycles. The summed E-state index contributed by atoms with van der Waals surface area (Å²) in [6.07, 6.45) is 0.482. The van der Waals surface area contributed by atoms with Gasteiger partial charge in [0.2, 0.25) is 0 Å². The Morgan fingerprint density at radius 1 is 1.18 bits per heavy atom. The fourth-order valence-corrected chi connectivity index (χ4v) is 1.59. The number of carbonyl (C=O) groups excluding carboxylic acids is 1. The highest BCUT2D eigenvalue weighted by Gasteiger charge is 2.33. The van der Waals surface area contributed by atoms with Crippen LogP contribution in [0.3, 0.4) is 0 Å². The van der Waals surface area contributed by atoms with E-state index in [-0.39, 0.29) is 5.92 Å². The van der Waals surface area contributed by atoms with E-state index in [4.69, 9.17) is 9.84 Å². The lowest BCUT2D eigenvalue weighted by Crippen LogP contribution is -2.34. The van der Waals surface area contributed by atoms with Gasteiger partial charge in [0.25, 0.3) is 0 Å². The number of esters is 1. The van der Waals surface area contributed by atoms with Crippen molar-refractivity contribution >= 4 is 11.9 Å². The van der Waals surface area contributed by atoms with Gasteiger partial charge >= 0.3 is 11.9 Å². The maximum absolute atomic E-state index is 11.8. The lowest BCUT2D eigenvalue weighted by molar-refractivity contribution is -0.166. The Labute approximate surface area is 103 Å². The maximum Gasteiger partial charge on any atom is 0.310 e. The Morgan fingerprint density at radius 2 is 1.65 bits per heavy atom. The van der Waals surface area contributed by atoms with Gasteiger partial charge in [0.05, 0.1) is 11.8 Å². The number of carboxylic acid groups (broad SMARTS) is 1. The van der Waals surface area contributed by atoms with Gasteiger partial charge in [0.15, 0.2) is 0 Å². The maximum atomic E-state index is 11.8. The van der Waals surface area contributed by atoms with Gasteiger partial charge in [-0.3, -0.25) is 9.59 Å². The second-order valence-corrected chi connectivity index (χ2v) is 5.90. The van der Waals surface area contributed by atoms with Crippen LogP contribution in [0.2, 0.25) is 0 Å². The van der Waals surface area contributed by atoms with Crippen molar-refractivity contribution in [3.05, 3.63) is 0 Å². The molecule has 100 valence electrons. The Morgan fingerprint density at radius 3 is 1.94 bits per heavy atom. The molecule has 0 aliphatic rings. The third kappa shape index (κ3) is 6.29. The van der Waals surface area contributed by atoms with Crippen LogP contribution in [0.4, 0.5) is 0 Å². The van der Waals surface area contributed by atoms with Crippen molar-refractivity contribution in [2.45, 2.75) is 53.6 Å². The van der Waals surface area contributed by atoms with Gasteiger partial charge in [-0.2, -0.15) is 0 Å². The minimum absolute atomic E-state index is 0.237. The van der Waals surface area contributed by atoms with Crippen molar-refractivity contribution in [1.82, 2.24) is 0 Å². The molecule has 0 aliphatic carbocycles. The van der Waals surface area contributed by atoms with Crippen molar-refractivity contribution in [1.29, 1.82) is 0 Å². The highest BCUT2D eigenvalue weighted by atomic mass is 16.6. The van der Waals surface area contributed by atoms with Gasteiger partial charge in [-0.05, 0) is 33.1 Å². The van der Waals surface area contributed by atoms with Crippen molar-refractivity contribution in [2.24, 2.45) is 17.8 Å². The fourth-order valence-electron chi connectivity index (χ4n) is 1.59. The summed E-state index contributed by atoms with van der Waals surface area (Å²) in [4.78, 5) is 22.9. The largest absolute Gasteiger partial charge is 0.481 e. The predicted molar refractivity (Wildman–Crippen MR) is 65.6 cm³/mol. The number of hydrogen-bond donors (Lipinski definition) is 1. The molecule has 0 bridgehead atoms. The summed E-state index contributed by atoms with van der Waals surface area (Å²) in [7, 11) is 0. The molecule has 1 N–H and O–H groups in total. The van der Waals surface area contributed by atoms with Gasteiger partial charge in [-0.15, -0.1) is 0 Å².